The van der Waals surface area contributed by atoms with Crippen molar-refractivity contribution in [2.45, 2.75) is 50.1 Å². The number of halogens is 1. The van der Waals surface area contributed by atoms with Crippen LogP contribution >= 0.6 is 25.1 Å². The summed E-state index contributed by atoms with van der Waals surface area (Å²) in [6.07, 6.45) is 4.28. The fourth-order valence-corrected chi connectivity index (χ4v) is 5.60. The van der Waals surface area contributed by atoms with Gasteiger partial charge in [0.15, 0.2) is 0 Å². The van der Waals surface area contributed by atoms with Crippen LogP contribution in [0.2, 0.25) is 5.02 Å². The minimum Gasteiger partial charge on any atom is -0.478 e. The lowest BCUT2D eigenvalue weighted by atomic mass is 9.99. The SMILES string of the molecule is C[C@@H](C1CCCC1)N(Cc1ccc(C(=O)O)cc1)S(=O)(=O)c1ccc(Cl)cc1.S. The Labute approximate surface area is 184 Å². The molecule has 0 aliphatic heterocycles. The predicted molar refractivity (Wildman–Crippen MR) is 119 cm³/mol. The lowest BCUT2D eigenvalue weighted by Gasteiger charge is -2.32. The molecule has 0 aromatic heterocycles. The molecule has 1 fully saturated rings. The van der Waals surface area contributed by atoms with Crippen LogP contribution in [0.4, 0.5) is 0 Å². The molecule has 0 unspecified atom stereocenters. The molecule has 1 atom stereocenters. The average Bonchev–Trinajstić information content (AvgIpc) is 3.21. The standard InChI is InChI=1S/C21H24ClNO4S.H2S/c1-15(17-4-2-3-5-17)23(14-16-6-8-18(9-7-16)21(24)25)28(26,27)20-12-10-19(22)11-13-20;/h6-13,15,17H,2-5,14H2,1H3,(H,24,25);1H2/t15-;/m0./s1. The van der Waals surface area contributed by atoms with Crippen molar-refractivity contribution in [1.82, 2.24) is 4.31 Å². The zero-order chi connectivity index (χ0) is 20.3. The Morgan fingerprint density at radius 1 is 1.10 bits per heavy atom. The van der Waals surface area contributed by atoms with Gasteiger partial charge in [-0.25, -0.2) is 13.2 Å². The highest BCUT2D eigenvalue weighted by Crippen LogP contribution is 2.33. The van der Waals surface area contributed by atoms with Crippen molar-refractivity contribution in [3.8, 4) is 0 Å². The molecule has 2 aromatic carbocycles. The highest BCUT2D eigenvalue weighted by Gasteiger charge is 2.34. The summed E-state index contributed by atoms with van der Waals surface area (Å²) in [6.45, 7) is 2.16. The number of nitrogens with zero attached hydrogens (tertiary/aromatic N) is 1. The number of aromatic carboxylic acids is 1. The van der Waals surface area contributed by atoms with Crippen molar-refractivity contribution < 1.29 is 18.3 Å². The Morgan fingerprint density at radius 2 is 1.66 bits per heavy atom. The van der Waals surface area contributed by atoms with Crippen LogP contribution in [0.1, 0.15) is 48.5 Å². The highest BCUT2D eigenvalue weighted by molar-refractivity contribution is 7.89. The van der Waals surface area contributed by atoms with Crippen molar-refractivity contribution in [3.63, 3.8) is 0 Å². The molecule has 5 nitrogen and oxygen atoms in total. The van der Waals surface area contributed by atoms with E-state index < -0.39 is 16.0 Å². The Morgan fingerprint density at radius 3 is 2.17 bits per heavy atom. The lowest BCUT2D eigenvalue weighted by Crippen LogP contribution is -2.41. The summed E-state index contributed by atoms with van der Waals surface area (Å²) < 4.78 is 28.4. The third kappa shape index (κ3) is 5.54. The number of carboxylic acid groups (broad SMARTS) is 1. The molecule has 3 rings (SSSR count). The molecule has 0 saturated heterocycles. The van der Waals surface area contributed by atoms with Gasteiger partial charge in [-0.15, -0.1) is 0 Å². The van der Waals surface area contributed by atoms with Gasteiger partial charge in [0, 0.05) is 17.6 Å². The fourth-order valence-electron chi connectivity index (χ4n) is 3.80. The van der Waals surface area contributed by atoms with Gasteiger partial charge >= 0.3 is 5.97 Å². The second kappa shape index (κ2) is 9.98. The molecule has 1 aliphatic rings. The molecule has 0 radical (unpaired) electrons. The van der Waals surface area contributed by atoms with E-state index in [1.54, 1.807) is 28.6 Å². The van der Waals surface area contributed by atoms with Crippen molar-refractivity contribution in [3.05, 3.63) is 64.7 Å². The van der Waals surface area contributed by atoms with E-state index in [9.17, 15) is 13.2 Å². The molecule has 8 heteroatoms. The molecule has 1 aliphatic carbocycles. The van der Waals surface area contributed by atoms with E-state index in [0.29, 0.717) is 10.9 Å². The molecule has 0 amide bonds. The van der Waals surface area contributed by atoms with E-state index in [1.807, 2.05) is 6.92 Å². The van der Waals surface area contributed by atoms with E-state index in [1.165, 1.54) is 24.3 Å². The van der Waals surface area contributed by atoms with Gasteiger partial charge in [0.25, 0.3) is 0 Å². The van der Waals surface area contributed by atoms with Gasteiger partial charge in [0.1, 0.15) is 0 Å². The quantitative estimate of drug-likeness (QED) is 0.642. The van der Waals surface area contributed by atoms with Crippen molar-refractivity contribution in [2.75, 3.05) is 0 Å². The minimum absolute atomic E-state index is 0. The summed E-state index contributed by atoms with van der Waals surface area (Å²) in [7, 11) is -3.72. The molecule has 158 valence electrons. The van der Waals surface area contributed by atoms with Crippen LogP contribution in [0.3, 0.4) is 0 Å². The van der Waals surface area contributed by atoms with Crippen LogP contribution in [-0.4, -0.2) is 29.8 Å². The molecule has 0 heterocycles. The van der Waals surface area contributed by atoms with Crippen LogP contribution < -0.4 is 0 Å². The fraction of sp³-hybridized carbons (Fsp3) is 0.381. The Hall–Kier alpha value is -1.54. The second-order valence-corrected chi connectivity index (χ2v) is 9.62. The van der Waals surface area contributed by atoms with Crippen LogP contribution in [-0.2, 0) is 16.6 Å². The van der Waals surface area contributed by atoms with Gasteiger partial charge in [0.2, 0.25) is 10.0 Å². The molecule has 2 aromatic rings. The van der Waals surface area contributed by atoms with E-state index in [-0.39, 0.29) is 36.5 Å². The number of rotatable bonds is 7. The Kier molecular flexibility index (Phi) is 8.17. The van der Waals surface area contributed by atoms with E-state index >= 15 is 0 Å². The first-order valence-corrected chi connectivity index (χ1v) is 11.2. The first-order valence-electron chi connectivity index (χ1n) is 9.38. The molecular weight excluding hydrogens is 430 g/mol. The Bertz CT molecular complexity index is 924. The van der Waals surface area contributed by atoms with E-state index in [2.05, 4.69) is 0 Å². The van der Waals surface area contributed by atoms with Crippen LogP contribution in [0.15, 0.2) is 53.4 Å². The maximum absolute atomic E-state index is 13.4. The van der Waals surface area contributed by atoms with E-state index in [4.69, 9.17) is 16.7 Å². The summed E-state index contributed by atoms with van der Waals surface area (Å²) in [5, 5.41) is 9.56. The van der Waals surface area contributed by atoms with Crippen molar-refractivity contribution in [1.29, 1.82) is 0 Å². The second-order valence-electron chi connectivity index (χ2n) is 7.29. The van der Waals surface area contributed by atoms with E-state index in [0.717, 1.165) is 31.2 Å². The zero-order valence-electron chi connectivity index (χ0n) is 16.2. The van der Waals surface area contributed by atoms with Crippen molar-refractivity contribution in [2.24, 2.45) is 5.92 Å². The predicted octanol–water partition coefficient (Wildman–Crippen LogP) is 4.92. The molecular formula is C21H26ClNO4S2. The number of carboxylic acids is 1. The van der Waals surface area contributed by atoms with Gasteiger partial charge in [-0.05, 0) is 67.6 Å². The molecule has 1 saturated carbocycles. The van der Waals surface area contributed by atoms with Gasteiger partial charge < -0.3 is 5.11 Å². The zero-order valence-corrected chi connectivity index (χ0v) is 18.8. The first kappa shape index (κ1) is 23.7. The summed E-state index contributed by atoms with van der Waals surface area (Å²) >= 11 is 5.92. The monoisotopic (exact) mass is 455 g/mol. The third-order valence-corrected chi connectivity index (χ3v) is 7.69. The van der Waals surface area contributed by atoms with Gasteiger partial charge in [0.05, 0.1) is 10.5 Å². The normalized spacial score (nSPS) is 15.8. The minimum atomic E-state index is -3.72. The third-order valence-electron chi connectivity index (χ3n) is 5.50. The molecule has 0 bridgehead atoms. The lowest BCUT2D eigenvalue weighted by molar-refractivity contribution is 0.0697. The van der Waals surface area contributed by atoms with Gasteiger partial charge in [-0.2, -0.15) is 17.8 Å². The number of benzene rings is 2. The van der Waals surface area contributed by atoms with Crippen molar-refractivity contribution >= 4 is 41.1 Å². The number of hydrogen-bond acceptors (Lipinski definition) is 3. The summed E-state index contributed by atoms with van der Waals surface area (Å²) in [4.78, 5) is 11.3. The molecule has 1 N–H and O–H groups in total. The van der Waals surface area contributed by atoms with Crippen LogP contribution in [0.5, 0.6) is 0 Å². The average molecular weight is 456 g/mol. The highest BCUT2D eigenvalue weighted by atomic mass is 35.5. The maximum Gasteiger partial charge on any atom is 0.335 e. The number of sulfonamides is 1. The summed E-state index contributed by atoms with van der Waals surface area (Å²) in [5.41, 5.74) is 0.937. The smallest absolute Gasteiger partial charge is 0.335 e. The van der Waals surface area contributed by atoms with Gasteiger partial charge in [-0.3, -0.25) is 0 Å². The molecule has 0 spiro atoms. The topological polar surface area (TPSA) is 74.7 Å². The largest absolute Gasteiger partial charge is 0.478 e. The summed E-state index contributed by atoms with van der Waals surface area (Å²) in [6, 6.07) is 12.4. The van der Waals surface area contributed by atoms with Crippen LogP contribution in [0, 0.1) is 5.92 Å². The first-order chi connectivity index (χ1) is 13.3. The van der Waals surface area contributed by atoms with Crippen LogP contribution in [0.25, 0.3) is 0 Å². The Balaban J connectivity index is 0.00000300. The number of hydrogen-bond donors (Lipinski definition) is 1. The summed E-state index contributed by atoms with van der Waals surface area (Å²) in [5.74, 6) is -0.683. The molecule has 29 heavy (non-hydrogen) atoms. The maximum atomic E-state index is 13.4. The van der Waals surface area contributed by atoms with Gasteiger partial charge in [-0.1, -0.05) is 36.6 Å². The number of carbonyl (C=O) groups is 1.